The third kappa shape index (κ3) is 2.42. The van der Waals surface area contributed by atoms with Gasteiger partial charge in [-0.05, 0) is 12.1 Å². The Morgan fingerprint density at radius 3 is 2.41 bits per heavy atom. The van der Waals surface area contributed by atoms with E-state index in [1.165, 1.54) is 18.3 Å². The summed E-state index contributed by atoms with van der Waals surface area (Å²) in [7, 11) is 0. The van der Waals surface area contributed by atoms with Crippen molar-refractivity contribution in [3.8, 4) is 11.1 Å². The molecule has 0 aliphatic heterocycles. The Kier molecular flexibility index (Phi) is 3.07. The number of hydrogen-bond acceptors (Lipinski definition) is 1. The normalized spacial score (nSPS) is 11.5. The molecule has 0 amide bonds. The number of alkyl halides is 3. The van der Waals surface area contributed by atoms with Crippen LogP contribution in [-0.4, -0.2) is 4.98 Å². The number of aromatic nitrogens is 1. The summed E-state index contributed by atoms with van der Waals surface area (Å²) in [6.07, 6.45) is -1.43. The number of hydrogen-bond donors (Lipinski definition) is 0. The maximum absolute atomic E-state index is 12.6. The van der Waals surface area contributed by atoms with Gasteiger partial charge in [0.25, 0.3) is 0 Å². The van der Waals surface area contributed by atoms with Crippen molar-refractivity contribution in [3.05, 3.63) is 53.3 Å². The second-order valence-electron chi connectivity index (χ2n) is 3.41. The van der Waals surface area contributed by atoms with E-state index in [4.69, 9.17) is 11.6 Å². The zero-order valence-corrected chi connectivity index (χ0v) is 9.26. The summed E-state index contributed by atoms with van der Waals surface area (Å²) in [6, 6.07) is 7.13. The summed E-state index contributed by atoms with van der Waals surface area (Å²) in [4.78, 5) is 3.85. The van der Waals surface area contributed by atoms with Crippen LogP contribution in [0.25, 0.3) is 11.1 Å². The summed E-state index contributed by atoms with van der Waals surface area (Å²) in [5.41, 5.74) is 0.0544. The molecule has 5 heteroatoms. The molecule has 0 aliphatic carbocycles. The lowest BCUT2D eigenvalue weighted by atomic mass is 10.0. The average molecular weight is 258 g/mol. The highest BCUT2D eigenvalue weighted by atomic mass is 35.5. The predicted octanol–water partition coefficient (Wildman–Crippen LogP) is 4.42. The van der Waals surface area contributed by atoms with Crippen molar-refractivity contribution < 1.29 is 13.2 Å². The molecular formula is C12H7ClF3N. The van der Waals surface area contributed by atoms with Crippen LogP contribution in [0.1, 0.15) is 5.56 Å². The van der Waals surface area contributed by atoms with Gasteiger partial charge in [0, 0.05) is 23.5 Å². The van der Waals surface area contributed by atoms with Crippen molar-refractivity contribution in [1.29, 1.82) is 0 Å². The summed E-state index contributed by atoms with van der Waals surface area (Å²) in [6.45, 7) is 0. The maximum Gasteiger partial charge on any atom is 0.417 e. The van der Waals surface area contributed by atoms with E-state index < -0.39 is 11.7 Å². The fraction of sp³-hybridized carbons (Fsp3) is 0.0833. The molecule has 1 nitrogen and oxygen atoms in total. The number of nitrogens with zero attached hydrogens (tertiary/aromatic N) is 1. The number of halogens is 4. The molecule has 0 aliphatic rings. The summed E-state index contributed by atoms with van der Waals surface area (Å²) in [5.74, 6) is 0. The number of rotatable bonds is 1. The zero-order chi connectivity index (χ0) is 12.5. The minimum atomic E-state index is -4.45. The molecule has 2 rings (SSSR count). The largest absolute Gasteiger partial charge is 0.417 e. The van der Waals surface area contributed by atoms with Gasteiger partial charge >= 0.3 is 6.18 Å². The molecule has 1 aromatic heterocycles. The van der Waals surface area contributed by atoms with Crippen LogP contribution in [0.5, 0.6) is 0 Å². The molecule has 0 spiro atoms. The number of pyridine rings is 1. The van der Waals surface area contributed by atoms with Gasteiger partial charge < -0.3 is 0 Å². The van der Waals surface area contributed by atoms with E-state index in [1.807, 2.05) is 0 Å². The van der Waals surface area contributed by atoms with Gasteiger partial charge in [0.2, 0.25) is 0 Å². The fourth-order valence-electron chi connectivity index (χ4n) is 1.50. The fourth-order valence-corrected chi connectivity index (χ4v) is 1.84. The highest BCUT2D eigenvalue weighted by Gasteiger charge is 2.33. The quantitative estimate of drug-likeness (QED) is 0.737. The minimum Gasteiger partial charge on any atom is -0.264 e. The lowest BCUT2D eigenvalue weighted by Gasteiger charge is -2.12. The lowest BCUT2D eigenvalue weighted by molar-refractivity contribution is -0.137. The molecule has 0 radical (unpaired) electrons. The van der Waals surface area contributed by atoms with E-state index in [-0.39, 0.29) is 5.02 Å². The van der Waals surface area contributed by atoms with Crippen LogP contribution < -0.4 is 0 Å². The summed E-state index contributed by atoms with van der Waals surface area (Å²) < 4.78 is 37.9. The second kappa shape index (κ2) is 4.37. The van der Waals surface area contributed by atoms with Gasteiger partial charge in [0.15, 0.2) is 0 Å². The average Bonchev–Trinajstić information content (AvgIpc) is 2.29. The third-order valence-electron chi connectivity index (χ3n) is 2.28. The van der Waals surface area contributed by atoms with Gasteiger partial charge in [0.1, 0.15) is 0 Å². The Hall–Kier alpha value is -1.55. The molecule has 1 aromatic carbocycles. The van der Waals surface area contributed by atoms with Crippen molar-refractivity contribution in [3.63, 3.8) is 0 Å². The molecule has 0 atom stereocenters. The van der Waals surface area contributed by atoms with Crippen LogP contribution in [-0.2, 0) is 6.18 Å². The SMILES string of the molecule is FC(F)(F)c1cccc(-c2cccnc2)c1Cl. The molecule has 88 valence electrons. The van der Waals surface area contributed by atoms with Gasteiger partial charge in [-0.15, -0.1) is 0 Å². The Morgan fingerprint density at radius 1 is 1.06 bits per heavy atom. The van der Waals surface area contributed by atoms with Crippen molar-refractivity contribution in [2.24, 2.45) is 0 Å². The molecule has 0 fully saturated rings. The van der Waals surface area contributed by atoms with E-state index in [2.05, 4.69) is 4.98 Å². The van der Waals surface area contributed by atoms with Crippen LogP contribution in [0.15, 0.2) is 42.7 Å². The first-order valence-electron chi connectivity index (χ1n) is 4.76. The van der Waals surface area contributed by atoms with Gasteiger partial charge in [-0.25, -0.2) is 0 Å². The molecule has 17 heavy (non-hydrogen) atoms. The maximum atomic E-state index is 12.6. The standard InChI is InChI=1S/C12H7ClF3N/c13-11-9(8-3-2-6-17-7-8)4-1-5-10(11)12(14,15)16/h1-7H. The van der Waals surface area contributed by atoms with Crippen molar-refractivity contribution >= 4 is 11.6 Å². The van der Waals surface area contributed by atoms with Crippen LogP contribution in [0.2, 0.25) is 5.02 Å². The smallest absolute Gasteiger partial charge is 0.264 e. The molecule has 0 saturated heterocycles. The first kappa shape index (κ1) is 11.9. The Balaban J connectivity index is 2.58. The second-order valence-corrected chi connectivity index (χ2v) is 3.78. The summed E-state index contributed by atoms with van der Waals surface area (Å²) >= 11 is 5.78. The van der Waals surface area contributed by atoms with Gasteiger partial charge in [0.05, 0.1) is 10.6 Å². The Morgan fingerprint density at radius 2 is 1.82 bits per heavy atom. The van der Waals surface area contributed by atoms with Crippen LogP contribution >= 0.6 is 11.6 Å². The Labute approximate surface area is 101 Å². The molecule has 2 aromatic rings. The monoisotopic (exact) mass is 257 g/mol. The van der Waals surface area contributed by atoms with Gasteiger partial charge in [-0.2, -0.15) is 13.2 Å². The van der Waals surface area contributed by atoms with Crippen molar-refractivity contribution in [2.45, 2.75) is 6.18 Å². The van der Waals surface area contributed by atoms with Gasteiger partial charge in [-0.3, -0.25) is 4.98 Å². The molecule has 0 unspecified atom stereocenters. The minimum absolute atomic E-state index is 0.298. The summed E-state index contributed by atoms with van der Waals surface area (Å²) in [5, 5.41) is -0.298. The molecule has 1 heterocycles. The van der Waals surface area contributed by atoms with E-state index in [1.54, 1.807) is 18.3 Å². The first-order valence-corrected chi connectivity index (χ1v) is 5.14. The highest BCUT2D eigenvalue weighted by molar-refractivity contribution is 6.34. The molecule has 0 saturated carbocycles. The lowest BCUT2D eigenvalue weighted by Crippen LogP contribution is -2.06. The van der Waals surface area contributed by atoms with Crippen LogP contribution in [0, 0.1) is 0 Å². The van der Waals surface area contributed by atoms with Crippen molar-refractivity contribution in [1.82, 2.24) is 4.98 Å². The third-order valence-corrected chi connectivity index (χ3v) is 2.68. The first-order chi connectivity index (χ1) is 8.00. The highest BCUT2D eigenvalue weighted by Crippen LogP contribution is 2.39. The molecule has 0 bridgehead atoms. The van der Waals surface area contributed by atoms with Crippen molar-refractivity contribution in [2.75, 3.05) is 0 Å². The van der Waals surface area contributed by atoms with Crippen LogP contribution in [0.3, 0.4) is 0 Å². The van der Waals surface area contributed by atoms with E-state index in [9.17, 15) is 13.2 Å². The Bertz CT molecular complexity index is 523. The van der Waals surface area contributed by atoms with E-state index in [0.29, 0.717) is 11.1 Å². The molecule has 0 N–H and O–H groups in total. The van der Waals surface area contributed by atoms with Crippen LogP contribution in [0.4, 0.5) is 13.2 Å². The van der Waals surface area contributed by atoms with E-state index in [0.717, 1.165) is 6.07 Å². The topological polar surface area (TPSA) is 12.9 Å². The number of benzene rings is 1. The molecular weight excluding hydrogens is 251 g/mol. The van der Waals surface area contributed by atoms with Gasteiger partial charge in [-0.1, -0.05) is 29.8 Å². The van der Waals surface area contributed by atoms with E-state index >= 15 is 0 Å². The predicted molar refractivity (Wildman–Crippen MR) is 59.7 cm³/mol. The zero-order valence-electron chi connectivity index (χ0n) is 8.50.